The van der Waals surface area contributed by atoms with Crippen LogP contribution in [0, 0.1) is 12.8 Å². The highest BCUT2D eigenvalue weighted by Crippen LogP contribution is 2.34. The summed E-state index contributed by atoms with van der Waals surface area (Å²) in [6, 6.07) is 0.804. The van der Waals surface area contributed by atoms with Crippen LogP contribution in [0.2, 0.25) is 0 Å². The first kappa shape index (κ1) is 9.79. The molecule has 2 aliphatic carbocycles. The molecule has 2 nitrogen and oxygen atoms in total. The van der Waals surface area contributed by atoms with Gasteiger partial charge in [0, 0.05) is 23.9 Å². The Labute approximate surface area is 95.1 Å². The van der Waals surface area contributed by atoms with Crippen molar-refractivity contribution >= 4 is 11.3 Å². The Morgan fingerprint density at radius 2 is 2.13 bits per heavy atom. The molecule has 1 aromatic heterocycles. The van der Waals surface area contributed by atoms with Gasteiger partial charge in [-0.2, -0.15) is 0 Å². The van der Waals surface area contributed by atoms with E-state index in [1.165, 1.54) is 47.7 Å². The van der Waals surface area contributed by atoms with Gasteiger partial charge in [-0.25, -0.2) is 4.98 Å². The van der Waals surface area contributed by atoms with Gasteiger partial charge in [-0.05, 0) is 38.5 Å². The molecule has 82 valence electrons. The van der Waals surface area contributed by atoms with E-state index in [0.29, 0.717) is 0 Å². The SMILES string of the molecule is Cc1nc(CC2CC2)sc1CNC1CC1. The van der Waals surface area contributed by atoms with Gasteiger partial charge in [-0.15, -0.1) is 11.3 Å². The molecule has 1 heterocycles. The zero-order valence-corrected chi connectivity index (χ0v) is 10.1. The molecule has 0 bridgehead atoms. The Hall–Kier alpha value is -0.410. The van der Waals surface area contributed by atoms with E-state index in [4.69, 9.17) is 0 Å². The summed E-state index contributed by atoms with van der Waals surface area (Å²) in [6.07, 6.45) is 6.82. The van der Waals surface area contributed by atoms with Crippen LogP contribution in [0.5, 0.6) is 0 Å². The van der Waals surface area contributed by atoms with Gasteiger partial charge in [0.05, 0.1) is 10.7 Å². The molecule has 1 N–H and O–H groups in total. The van der Waals surface area contributed by atoms with Crippen LogP contribution in [-0.4, -0.2) is 11.0 Å². The van der Waals surface area contributed by atoms with Gasteiger partial charge in [0.2, 0.25) is 0 Å². The fourth-order valence-corrected chi connectivity index (χ4v) is 2.97. The lowest BCUT2D eigenvalue weighted by Gasteiger charge is -1.99. The Morgan fingerprint density at radius 1 is 1.33 bits per heavy atom. The monoisotopic (exact) mass is 222 g/mol. The third-order valence-electron chi connectivity index (χ3n) is 3.23. The maximum absolute atomic E-state index is 4.67. The Morgan fingerprint density at radius 3 is 2.80 bits per heavy atom. The first-order valence-corrected chi connectivity index (χ1v) is 6.81. The molecule has 1 aromatic rings. The van der Waals surface area contributed by atoms with Crippen LogP contribution in [0.4, 0.5) is 0 Å². The molecule has 2 aliphatic rings. The second-order valence-corrected chi connectivity index (χ2v) is 6.09. The first-order valence-electron chi connectivity index (χ1n) is 6.00. The van der Waals surface area contributed by atoms with Crippen molar-refractivity contribution in [1.29, 1.82) is 0 Å². The van der Waals surface area contributed by atoms with E-state index in [1.54, 1.807) is 0 Å². The summed E-state index contributed by atoms with van der Waals surface area (Å²) in [5.41, 5.74) is 1.25. The Kier molecular flexibility index (Phi) is 2.53. The minimum atomic E-state index is 0.804. The lowest BCUT2D eigenvalue weighted by molar-refractivity contribution is 0.691. The van der Waals surface area contributed by atoms with Crippen molar-refractivity contribution in [3.63, 3.8) is 0 Å². The van der Waals surface area contributed by atoms with Crippen LogP contribution >= 0.6 is 11.3 Å². The third kappa shape index (κ3) is 2.58. The lowest BCUT2D eigenvalue weighted by atomic mass is 10.3. The van der Waals surface area contributed by atoms with Crippen molar-refractivity contribution < 1.29 is 0 Å². The van der Waals surface area contributed by atoms with Crippen LogP contribution in [0.1, 0.15) is 41.3 Å². The maximum atomic E-state index is 4.67. The Balaban J connectivity index is 1.61. The molecule has 2 saturated carbocycles. The van der Waals surface area contributed by atoms with E-state index < -0.39 is 0 Å². The van der Waals surface area contributed by atoms with Crippen molar-refractivity contribution in [1.82, 2.24) is 10.3 Å². The highest BCUT2D eigenvalue weighted by molar-refractivity contribution is 7.11. The standard InChI is InChI=1S/C12H18N2S/c1-8-11(7-13-10-4-5-10)15-12(14-8)6-9-2-3-9/h9-10,13H,2-7H2,1H3. The average Bonchev–Trinajstić information content (AvgIpc) is 3.06. The maximum Gasteiger partial charge on any atom is 0.0934 e. The van der Waals surface area contributed by atoms with Gasteiger partial charge in [-0.1, -0.05) is 0 Å². The van der Waals surface area contributed by atoms with E-state index in [9.17, 15) is 0 Å². The topological polar surface area (TPSA) is 24.9 Å². The smallest absolute Gasteiger partial charge is 0.0934 e. The number of hydrogen-bond donors (Lipinski definition) is 1. The zero-order valence-electron chi connectivity index (χ0n) is 9.25. The van der Waals surface area contributed by atoms with Crippen LogP contribution < -0.4 is 5.32 Å². The van der Waals surface area contributed by atoms with Crippen molar-refractivity contribution in [3.8, 4) is 0 Å². The van der Waals surface area contributed by atoms with Gasteiger partial charge in [-0.3, -0.25) is 0 Å². The number of aromatic nitrogens is 1. The van der Waals surface area contributed by atoms with Crippen molar-refractivity contribution in [3.05, 3.63) is 15.6 Å². The molecule has 0 atom stereocenters. The molecular weight excluding hydrogens is 204 g/mol. The zero-order chi connectivity index (χ0) is 10.3. The predicted octanol–water partition coefficient (Wildman–Crippen LogP) is 2.66. The van der Waals surface area contributed by atoms with Crippen molar-refractivity contribution in [2.75, 3.05) is 0 Å². The van der Waals surface area contributed by atoms with Crippen molar-refractivity contribution in [2.45, 2.75) is 51.6 Å². The minimum Gasteiger partial charge on any atom is -0.309 e. The van der Waals surface area contributed by atoms with Crippen LogP contribution in [0.3, 0.4) is 0 Å². The van der Waals surface area contributed by atoms with Crippen LogP contribution in [-0.2, 0) is 13.0 Å². The summed E-state index contributed by atoms with van der Waals surface area (Å²) >= 11 is 1.92. The average molecular weight is 222 g/mol. The number of rotatable bonds is 5. The van der Waals surface area contributed by atoms with E-state index in [-0.39, 0.29) is 0 Å². The van der Waals surface area contributed by atoms with Crippen LogP contribution in [0.25, 0.3) is 0 Å². The Bertz CT molecular complexity index is 351. The molecule has 0 radical (unpaired) electrons. The molecule has 15 heavy (non-hydrogen) atoms. The molecule has 0 amide bonds. The number of thiazole rings is 1. The normalized spacial score (nSPS) is 20.9. The van der Waals surface area contributed by atoms with E-state index in [1.807, 2.05) is 11.3 Å². The van der Waals surface area contributed by atoms with Gasteiger partial charge in [0.15, 0.2) is 0 Å². The highest BCUT2D eigenvalue weighted by atomic mass is 32.1. The summed E-state index contributed by atoms with van der Waals surface area (Å²) in [5.74, 6) is 0.958. The number of aryl methyl sites for hydroxylation is 1. The number of nitrogens with one attached hydrogen (secondary N) is 1. The molecule has 3 heteroatoms. The van der Waals surface area contributed by atoms with Gasteiger partial charge >= 0.3 is 0 Å². The lowest BCUT2D eigenvalue weighted by Crippen LogP contribution is -2.14. The highest BCUT2D eigenvalue weighted by Gasteiger charge is 2.24. The fraction of sp³-hybridized carbons (Fsp3) is 0.750. The quantitative estimate of drug-likeness (QED) is 0.828. The number of hydrogen-bond acceptors (Lipinski definition) is 3. The summed E-state index contributed by atoms with van der Waals surface area (Å²) in [6.45, 7) is 3.19. The molecule has 0 saturated heterocycles. The molecule has 0 aromatic carbocycles. The van der Waals surface area contributed by atoms with E-state index in [2.05, 4.69) is 17.2 Å². The van der Waals surface area contributed by atoms with E-state index >= 15 is 0 Å². The van der Waals surface area contributed by atoms with Gasteiger partial charge in [0.1, 0.15) is 0 Å². The summed E-state index contributed by atoms with van der Waals surface area (Å²) in [4.78, 5) is 6.12. The van der Waals surface area contributed by atoms with Crippen LogP contribution in [0.15, 0.2) is 0 Å². The molecule has 2 fully saturated rings. The summed E-state index contributed by atoms with van der Waals surface area (Å²) in [5, 5.41) is 4.93. The molecule has 3 rings (SSSR count). The van der Waals surface area contributed by atoms with Crippen molar-refractivity contribution in [2.24, 2.45) is 5.92 Å². The molecular formula is C12H18N2S. The fourth-order valence-electron chi connectivity index (χ4n) is 1.83. The minimum absolute atomic E-state index is 0.804. The van der Waals surface area contributed by atoms with Gasteiger partial charge < -0.3 is 5.32 Å². The second-order valence-electron chi connectivity index (χ2n) is 4.92. The molecule has 0 aliphatic heterocycles. The largest absolute Gasteiger partial charge is 0.309 e. The predicted molar refractivity (Wildman–Crippen MR) is 63.1 cm³/mol. The summed E-state index contributed by atoms with van der Waals surface area (Å²) in [7, 11) is 0. The molecule has 0 unspecified atom stereocenters. The number of nitrogens with zero attached hydrogens (tertiary/aromatic N) is 1. The first-order chi connectivity index (χ1) is 7.31. The van der Waals surface area contributed by atoms with E-state index in [0.717, 1.165) is 18.5 Å². The van der Waals surface area contributed by atoms with Gasteiger partial charge in [0.25, 0.3) is 0 Å². The third-order valence-corrected chi connectivity index (χ3v) is 4.41. The summed E-state index contributed by atoms with van der Waals surface area (Å²) < 4.78 is 0. The second kappa shape index (κ2) is 3.87. The molecule has 0 spiro atoms.